The molecule has 2 amide bonds. The maximum absolute atomic E-state index is 11.2. The molecule has 3 rings (SSSR count). The third kappa shape index (κ3) is 5.34. The zero-order valence-electron chi connectivity index (χ0n) is 15.3. The number of urea groups is 1. The van der Waals surface area contributed by atoms with E-state index in [0.29, 0.717) is 26.0 Å². The van der Waals surface area contributed by atoms with Crippen LogP contribution in [0.25, 0.3) is 5.69 Å². The molecule has 1 aromatic heterocycles. The molecular weight excluding hydrogens is 414 g/mol. The number of rotatable bonds is 7. The van der Waals surface area contributed by atoms with Gasteiger partial charge in [-0.05, 0) is 66.9 Å². The highest BCUT2D eigenvalue weighted by Gasteiger charge is 2.04. The quantitative estimate of drug-likeness (QED) is 0.146. The number of benzene rings is 2. The summed E-state index contributed by atoms with van der Waals surface area (Å²) in [7, 11) is 1.22. The van der Waals surface area contributed by atoms with Gasteiger partial charge in [-0.1, -0.05) is 6.07 Å². The van der Waals surface area contributed by atoms with Gasteiger partial charge in [0.05, 0.1) is 11.4 Å². The van der Waals surface area contributed by atoms with Gasteiger partial charge in [0.15, 0.2) is 16.3 Å². The van der Waals surface area contributed by atoms with Gasteiger partial charge in [-0.15, -0.1) is 0 Å². The number of anilines is 2. The van der Waals surface area contributed by atoms with Crippen LogP contribution >= 0.6 is 24.4 Å². The summed E-state index contributed by atoms with van der Waals surface area (Å²) in [6.07, 6.45) is 0. The number of hydrogen-bond acceptors (Lipinski definition) is 7. The Morgan fingerprint density at radius 3 is 2.48 bits per heavy atom. The van der Waals surface area contributed by atoms with Gasteiger partial charge in [-0.3, -0.25) is 25.4 Å². The van der Waals surface area contributed by atoms with E-state index in [0.717, 1.165) is 11.4 Å². The van der Waals surface area contributed by atoms with Crippen molar-refractivity contribution in [2.45, 2.75) is 0 Å². The van der Waals surface area contributed by atoms with E-state index in [1.165, 1.54) is 7.05 Å². The minimum absolute atomic E-state index is 0.244. The second-order valence-corrected chi connectivity index (χ2v) is 6.59. The van der Waals surface area contributed by atoms with E-state index in [1.807, 2.05) is 24.3 Å². The van der Waals surface area contributed by atoms with Crippen molar-refractivity contribution < 1.29 is 14.7 Å². The molecule has 0 atom stereocenters. The van der Waals surface area contributed by atoms with Crippen LogP contribution in [0.4, 0.5) is 16.2 Å². The first-order valence-corrected chi connectivity index (χ1v) is 9.21. The van der Waals surface area contributed by atoms with Crippen LogP contribution in [0.3, 0.4) is 0 Å². The van der Waals surface area contributed by atoms with Crippen LogP contribution in [-0.2, 0) is 0 Å². The summed E-state index contributed by atoms with van der Waals surface area (Å²) in [4.78, 5) is 11.2. The predicted octanol–water partition coefficient (Wildman–Crippen LogP) is 3.40. The van der Waals surface area contributed by atoms with Crippen molar-refractivity contribution >= 4 is 41.8 Å². The lowest BCUT2D eigenvalue weighted by Gasteiger charge is -2.13. The summed E-state index contributed by atoms with van der Waals surface area (Å²) in [5, 5.41) is 18.2. The molecule has 0 bridgehead atoms. The van der Waals surface area contributed by atoms with E-state index in [1.54, 1.807) is 28.8 Å². The average Bonchev–Trinajstić information content (AvgIpc) is 3.05. The predicted molar refractivity (Wildman–Crippen MR) is 113 cm³/mol. The van der Waals surface area contributed by atoms with Crippen LogP contribution in [0.5, 0.6) is 5.75 Å². The molecule has 0 saturated carbocycles. The Morgan fingerprint density at radius 1 is 1.14 bits per heavy atom. The molecule has 10 nitrogen and oxygen atoms in total. The Kier molecular flexibility index (Phi) is 6.49. The highest BCUT2D eigenvalue weighted by atomic mass is 32.1. The van der Waals surface area contributed by atoms with Crippen molar-refractivity contribution in [3.63, 3.8) is 0 Å². The molecule has 12 heteroatoms. The second kappa shape index (κ2) is 9.23. The lowest BCUT2D eigenvalue weighted by molar-refractivity contribution is -0.0174. The summed E-state index contributed by atoms with van der Waals surface area (Å²) in [5.41, 5.74) is 7.29. The molecular formula is C17H19N7O3S2. The highest BCUT2D eigenvalue weighted by molar-refractivity contribution is 7.72. The SMILES string of the molecule is CN(O)C(=O)NNc1ccc(OCNc2cccc(-n3c(=S)[nH][nH]c3=S)c2)cc1. The maximum Gasteiger partial charge on any atom is 0.359 e. The standard InChI is InChI=1S/C17H19N7O3S2/c1-23(26)15(25)20-19-11-5-7-14(8-6-11)27-10-18-12-3-2-4-13(9-12)24-16(28)21-22-17(24)29/h2-9,18-19,26H,10H2,1H3,(H,20,25)(H,21,28)(H,22,29). The van der Waals surface area contributed by atoms with Gasteiger partial charge in [-0.25, -0.2) is 15.3 Å². The number of carbonyl (C=O) groups excluding carboxylic acids is 1. The first-order chi connectivity index (χ1) is 13.9. The van der Waals surface area contributed by atoms with E-state index < -0.39 is 6.03 Å². The normalized spacial score (nSPS) is 10.3. The summed E-state index contributed by atoms with van der Waals surface area (Å²) in [5.74, 6) is 0.639. The minimum atomic E-state index is -0.682. The van der Waals surface area contributed by atoms with Gasteiger partial charge in [0.25, 0.3) is 0 Å². The molecule has 3 aromatic rings. The average molecular weight is 434 g/mol. The van der Waals surface area contributed by atoms with Crippen LogP contribution in [0, 0.1) is 9.54 Å². The van der Waals surface area contributed by atoms with Crippen LogP contribution < -0.4 is 20.9 Å². The fraction of sp³-hybridized carbons (Fsp3) is 0.118. The molecule has 0 fully saturated rings. The second-order valence-electron chi connectivity index (χ2n) is 5.81. The lowest BCUT2D eigenvalue weighted by Crippen LogP contribution is -2.38. The zero-order valence-corrected chi connectivity index (χ0v) is 16.9. The lowest BCUT2D eigenvalue weighted by atomic mass is 10.3. The molecule has 1 heterocycles. The maximum atomic E-state index is 11.2. The molecule has 29 heavy (non-hydrogen) atoms. The molecule has 0 aliphatic rings. The Morgan fingerprint density at radius 2 is 1.83 bits per heavy atom. The Balaban J connectivity index is 1.54. The first-order valence-electron chi connectivity index (χ1n) is 8.39. The van der Waals surface area contributed by atoms with Crippen molar-refractivity contribution in [3.05, 3.63) is 58.1 Å². The van der Waals surface area contributed by atoms with Gasteiger partial charge in [0, 0.05) is 12.7 Å². The number of amides is 2. The Labute approximate surface area is 176 Å². The number of aromatic nitrogens is 3. The smallest absolute Gasteiger partial charge is 0.359 e. The van der Waals surface area contributed by atoms with Crippen LogP contribution in [0.15, 0.2) is 48.5 Å². The van der Waals surface area contributed by atoms with E-state index in [4.69, 9.17) is 34.4 Å². The van der Waals surface area contributed by atoms with Gasteiger partial charge in [-0.2, -0.15) is 0 Å². The third-order valence-corrected chi connectivity index (χ3v) is 4.33. The topological polar surface area (TPSA) is 122 Å². The molecule has 0 unspecified atom stereocenters. The number of H-pyrrole nitrogens is 2. The highest BCUT2D eigenvalue weighted by Crippen LogP contribution is 2.17. The van der Waals surface area contributed by atoms with Crippen LogP contribution in [0.1, 0.15) is 0 Å². The molecule has 0 saturated heterocycles. The van der Waals surface area contributed by atoms with Gasteiger partial charge >= 0.3 is 6.03 Å². The van der Waals surface area contributed by atoms with Gasteiger partial charge in [0.2, 0.25) is 0 Å². The number of aromatic amines is 2. The summed E-state index contributed by atoms with van der Waals surface area (Å²) in [6, 6.07) is 13.9. The van der Waals surface area contributed by atoms with E-state index in [2.05, 4.69) is 26.4 Å². The molecule has 152 valence electrons. The fourth-order valence-corrected chi connectivity index (χ4v) is 2.90. The number of carbonyl (C=O) groups is 1. The number of hydroxylamine groups is 2. The number of ether oxygens (including phenoxy) is 1. The van der Waals surface area contributed by atoms with E-state index >= 15 is 0 Å². The van der Waals surface area contributed by atoms with Gasteiger partial charge < -0.3 is 10.1 Å². The number of hydrogen-bond donors (Lipinski definition) is 6. The van der Waals surface area contributed by atoms with Crippen molar-refractivity contribution in [2.24, 2.45) is 0 Å². The van der Waals surface area contributed by atoms with Crippen molar-refractivity contribution in [1.29, 1.82) is 0 Å². The minimum Gasteiger partial charge on any atom is -0.473 e. The molecule has 0 aliphatic carbocycles. The molecule has 0 aliphatic heterocycles. The number of nitrogens with one attached hydrogen (secondary N) is 5. The third-order valence-electron chi connectivity index (χ3n) is 3.76. The van der Waals surface area contributed by atoms with Crippen molar-refractivity contribution in [2.75, 3.05) is 24.5 Å². The molecule has 0 radical (unpaired) electrons. The molecule has 2 aromatic carbocycles. The van der Waals surface area contributed by atoms with Gasteiger partial charge in [0.1, 0.15) is 5.75 Å². The molecule has 0 spiro atoms. The largest absolute Gasteiger partial charge is 0.473 e. The fourth-order valence-electron chi connectivity index (χ4n) is 2.34. The number of nitrogens with zero attached hydrogens (tertiary/aromatic N) is 2. The Hall–Kier alpha value is -3.35. The monoisotopic (exact) mass is 433 g/mol. The van der Waals surface area contributed by atoms with Crippen molar-refractivity contribution in [3.8, 4) is 11.4 Å². The molecule has 6 N–H and O–H groups in total. The summed E-state index contributed by atoms with van der Waals surface area (Å²) >= 11 is 10.5. The van der Waals surface area contributed by atoms with Crippen molar-refractivity contribution in [1.82, 2.24) is 25.3 Å². The van der Waals surface area contributed by atoms with Crippen LogP contribution in [0.2, 0.25) is 0 Å². The van der Waals surface area contributed by atoms with Crippen LogP contribution in [-0.4, -0.2) is 44.8 Å². The van der Waals surface area contributed by atoms with E-state index in [-0.39, 0.29) is 6.73 Å². The van der Waals surface area contributed by atoms with E-state index in [9.17, 15) is 4.79 Å². The summed E-state index contributed by atoms with van der Waals surface area (Å²) < 4.78 is 8.36. The Bertz CT molecular complexity index is 1060. The number of hydrazine groups is 1. The first kappa shape index (κ1) is 20.4. The zero-order chi connectivity index (χ0) is 20.8. The summed E-state index contributed by atoms with van der Waals surface area (Å²) in [6.45, 7) is 0.244.